The number of ether oxygens (including phenoxy) is 2. The van der Waals surface area contributed by atoms with Gasteiger partial charge in [0.25, 0.3) is 5.91 Å². The highest BCUT2D eigenvalue weighted by molar-refractivity contribution is 5.83. The lowest BCUT2D eigenvalue weighted by atomic mass is 9.96. The summed E-state index contributed by atoms with van der Waals surface area (Å²) in [4.78, 5) is 14.9. The SMILES string of the molecule is O=C(C1OCCc2ccccc21)N1CCOC(c2cccc(O)c2)C1. The summed E-state index contributed by atoms with van der Waals surface area (Å²) in [5.41, 5.74) is 3.03. The maximum atomic E-state index is 13.1. The molecule has 2 aliphatic rings. The van der Waals surface area contributed by atoms with Crippen LogP contribution in [0.4, 0.5) is 0 Å². The fraction of sp³-hybridized carbons (Fsp3) is 0.350. The molecule has 2 atom stereocenters. The van der Waals surface area contributed by atoms with Gasteiger partial charge in [-0.1, -0.05) is 36.4 Å². The van der Waals surface area contributed by atoms with Gasteiger partial charge in [-0.05, 0) is 35.2 Å². The first-order chi connectivity index (χ1) is 12.2. The molecular weight excluding hydrogens is 318 g/mol. The summed E-state index contributed by atoms with van der Waals surface area (Å²) in [5, 5.41) is 9.68. The highest BCUT2D eigenvalue weighted by Gasteiger charge is 2.34. The molecule has 1 saturated heterocycles. The van der Waals surface area contributed by atoms with Crippen molar-refractivity contribution < 1.29 is 19.4 Å². The maximum Gasteiger partial charge on any atom is 0.256 e. The van der Waals surface area contributed by atoms with Crippen LogP contribution in [-0.4, -0.2) is 42.2 Å². The number of nitrogens with zero attached hydrogens (tertiary/aromatic N) is 1. The molecule has 130 valence electrons. The fourth-order valence-corrected chi connectivity index (χ4v) is 3.54. The number of hydrogen-bond acceptors (Lipinski definition) is 4. The largest absolute Gasteiger partial charge is 0.508 e. The highest BCUT2D eigenvalue weighted by atomic mass is 16.5. The third-order valence-corrected chi connectivity index (χ3v) is 4.84. The molecule has 25 heavy (non-hydrogen) atoms. The summed E-state index contributed by atoms with van der Waals surface area (Å²) in [6, 6.07) is 15.0. The lowest BCUT2D eigenvalue weighted by Crippen LogP contribution is -2.45. The third kappa shape index (κ3) is 3.25. The summed E-state index contributed by atoms with van der Waals surface area (Å²) in [6.45, 7) is 2.05. The minimum Gasteiger partial charge on any atom is -0.508 e. The fourth-order valence-electron chi connectivity index (χ4n) is 3.54. The molecule has 0 spiro atoms. The molecule has 0 saturated carbocycles. The second kappa shape index (κ2) is 6.86. The van der Waals surface area contributed by atoms with E-state index in [4.69, 9.17) is 9.47 Å². The molecule has 0 aromatic heterocycles. The summed E-state index contributed by atoms with van der Waals surface area (Å²) in [5.74, 6) is 0.190. The van der Waals surface area contributed by atoms with Gasteiger partial charge in [-0.15, -0.1) is 0 Å². The van der Waals surface area contributed by atoms with Crippen LogP contribution in [0, 0.1) is 0 Å². The molecule has 0 radical (unpaired) electrons. The molecule has 2 aromatic rings. The van der Waals surface area contributed by atoms with Crippen LogP contribution >= 0.6 is 0 Å². The van der Waals surface area contributed by atoms with Gasteiger partial charge in [-0.3, -0.25) is 4.79 Å². The summed E-state index contributed by atoms with van der Waals surface area (Å²) in [6.07, 6.45) is 0.0751. The van der Waals surface area contributed by atoms with Gasteiger partial charge in [-0.2, -0.15) is 0 Å². The van der Waals surface area contributed by atoms with E-state index in [-0.39, 0.29) is 17.8 Å². The van der Waals surface area contributed by atoms with E-state index in [1.54, 1.807) is 18.2 Å². The Morgan fingerprint density at radius 3 is 2.84 bits per heavy atom. The number of phenolic OH excluding ortho intramolecular Hbond substituents is 1. The smallest absolute Gasteiger partial charge is 0.256 e. The Hall–Kier alpha value is -2.37. The summed E-state index contributed by atoms with van der Waals surface area (Å²) < 4.78 is 11.6. The monoisotopic (exact) mass is 339 g/mol. The van der Waals surface area contributed by atoms with E-state index in [2.05, 4.69) is 6.07 Å². The van der Waals surface area contributed by atoms with Crippen molar-refractivity contribution in [3.63, 3.8) is 0 Å². The molecule has 2 heterocycles. The Morgan fingerprint density at radius 2 is 1.96 bits per heavy atom. The lowest BCUT2D eigenvalue weighted by molar-refractivity contribution is -0.152. The molecule has 1 fully saturated rings. The van der Waals surface area contributed by atoms with Gasteiger partial charge in [0.15, 0.2) is 6.10 Å². The second-order valence-electron chi connectivity index (χ2n) is 6.44. The average Bonchev–Trinajstić information content (AvgIpc) is 2.67. The van der Waals surface area contributed by atoms with Gasteiger partial charge < -0.3 is 19.5 Å². The van der Waals surface area contributed by atoms with Gasteiger partial charge in [0.05, 0.1) is 19.8 Å². The first kappa shape index (κ1) is 16.1. The van der Waals surface area contributed by atoms with E-state index in [1.807, 2.05) is 29.2 Å². The molecule has 5 nitrogen and oxygen atoms in total. The molecule has 1 N–H and O–H groups in total. The van der Waals surface area contributed by atoms with Crippen LogP contribution in [0.2, 0.25) is 0 Å². The first-order valence-corrected chi connectivity index (χ1v) is 8.61. The molecule has 1 amide bonds. The number of aromatic hydroxyl groups is 1. The van der Waals surface area contributed by atoms with Gasteiger partial charge in [0.2, 0.25) is 0 Å². The Bertz CT molecular complexity index is 776. The van der Waals surface area contributed by atoms with Crippen LogP contribution in [-0.2, 0) is 20.7 Å². The molecule has 2 aromatic carbocycles. The number of rotatable bonds is 2. The number of carbonyl (C=O) groups is 1. The minimum absolute atomic E-state index is 0.0133. The van der Waals surface area contributed by atoms with Gasteiger partial charge in [0, 0.05) is 6.54 Å². The Morgan fingerprint density at radius 1 is 1.08 bits per heavy atom. The summed E-state index contributed by atoms with van der Waals surface area (Å²) >= 11 is 0. The number of carbonyl (C=O) groups excluding carboxylic acids is 1. The number of amides is 1. The molecular formula is C20H21NO4. The van der Waals surface area contributed by atoms with Crippen molar-refractivity contribution in [1.29, 1.82) is 0 Å². The highest BCUT2D eigenvalue weighted by Crippen LogP contribution is 2.31. The molecule has 2 unspecified atom stereocenters. The molecule has 5 heteroatoms. The van der Waals surface area contributed by atoms with Crippen molar-refractivity contribution in [1.82, 2.24) is 4.90 Å². The average molecular weight is 339 g/mol. The van der Waals surface area contributed by atoms with Crippen LogP contribution in [0.15, 0.2) is 48.5 Å². The maximum absolute atomic E-state index is 13.1. The number of fused-ring (bicyclic) bond motifs is 1. The predicted molar refractivity (Wildman–Crippen MR) is 92.2 cm³/mol. The zero-order valence-corrected chi connectivity index (χ0v) is 13.9. The van der Waals surface area contributed by atoms with Crippen molar-refractivity contribution in [3.8, 4) is 5.75 Å². The third-order valence-electron chi connectivity index (χ3n) is 4.84. The Kier molecular flexibility index (Phi) is 4.42. The van der Waals surface area contributed by atoms with Gasteiger partial charge in [0.1, 0.15) is 11.9 Å². The van der Waals surface area contributed by atoms with E-state index >= 15 is 0 Å². The zero-order chi connectivity index (χ0) is 17.2. The molecule has 4 rings (SSSR count). The minimum atomic E-state index is -0.534. The number of phenols is 1. The van der Waals surface area contributed by atoms with Crippen LogP contribution in [0.5, 0.6) is 5.75 Å². The standard InChI is InChI=1S/C20H21NO4/c22-16-6-3-5-15(12-16)18-13-21(9-11-24-18)20(23)19-17-7-2-1-4-14(17)8-10-25-19/h1-7,12,18-19,22H,8-11,13H2. The van der Waals surface area contributed by atoms with Crippen molar-refractivity contribution >= 4 is 5.91 Å². The Labute approximate surface area is 146 Å². The van der Waals surface area contributed by atoms with Crippen LogP contribution < -0.4 is 0 Å². The van der Waals surface area contributed by atoms with Crippen molar-refractivity contribution in [2.45, 2.75) is 18.6 Å². The number of morpholine rings is 1. The lowest BCUT2D eigenvalue weighted by Gasteiger charge is -2.36. The van der Waals surface area contributed by atoms with E-state index < -0.39 is 6.10 Å². The first-order valence-electron chi connectivity index (χ1n) is 8.61. The quantitative estimate of drug-likeness (QED) is 0.914. The predicted octanol–water partition coefficient (Wildman–Crippen LogP) is 2.61. The van der Waals surface area contributed by atoms with Gasteiger partial charge in [-0.25, -0.2) is 0 Å². The van der Waals surface area contributed by atoms with Crippen LogP contribution in [0.3, 0.4) is 0 Å². The van der Waals surface area contributed by atoms with E-state index in [0.29, 0.717) is 26.3 Å². The van der Waals surface area contributed by atoms with Gasteiger partial charge >= 0.3 is 0 Å². The van der Waals surface area contributed by atoms with E-state index in [1.165, 1.54) is 5.56 Å². The van der Waals surface area contributed by atoms with Crippen LogP contribution in [0.1, 0.15) is 28.9 Å². The molecule has 0 bridgehead atoms. The van der Waals surface area contributed by atoms with E-state index in [0.717, 1.165) is 17.5 Å². The topological polar surface area (TPSA) is 59.0 Å². The summed E-state index contributed by atoms with van der Waals surface area (Å²) in [7, 11) is 0. The van der Waals surface area contributed by atoms with Crippen molar-refractivity contribution in [2.24, 2.45) is 0 Å². The second-order valence-corrected chi connectivity index (χ2v) is 6.44. The Balaban J connectivity index is 1.53. The zero-order valence-electron chi connectivity index (χ0n) is 13.9. The van der Waals surface area contributed by atoms with Crippen molar-refractivity contribution in [3.05, 3.63) is 65.2 Å². The molecule has 2 aliphatic heterocycles. The number of hydrogen-bond donors (Lipinski definition) is 1. The van der Waals surface area contributed by atoms with Crippen LogP contribution in [0.25, 0.3) is 0 Å². The normalized spacial score (nSPS) is 23.1. The number of benzene rings is 2. The molecule has 0 aliphatic carbocycles. The van der Waals surface area contributed by atoms with Crippen molar-refractivity contribution in [2.75, 3.05) is 26.3 Å². The van der Waals surface area contributed by atoms with E-state index in [9.17, 15) is 9.90 Å².